The van der Waals surface area contributed by atoms with Crippen molar-refractivity contribution in [3.63, 3.8) is 0 Å². The zero-order valence-electron chi connectivity index (χ0n) is 15.8. The zero-order valence-corrected chi connectivity index (χ0v) is 16.6. The first-order chi connectivity index (χ1) is 14.0. The lowest BCUT2D eigenvalue weighted by Crippen LogP contribution is -2.27. The Labute approximate surface area is 170 Å². The highest BCUT2D eigenvalue weighted by atomic mass is 32.2. The quantitative estimate of drug-likeness (QED) is 0.670. The van der Waals surface area contributed by atoms with Crippen LogP contribution in [0.3, 0.4) is 0 Å². The third-order valence-corrected chi connectivity index (χ3v) is 6.41. The number of para-hydroxylation sites is 1. The molecule has 1 saturated heterocycles. The van der Waals surface area contributed by atoms with Crippen molar-refractivity contribution in [3.05, 3.63) is 72.7 Å². The summed E-state index contributed by atoms with van der Waals surface area (Å²) in [5, 5.41) is 5.60. The Hall–Kier alpha value is -3.10. The molecule has 29 heavy (non-hydrogen) atoms. The molecule has 0 radical (unpaired) electrons. The fraction of sp³-hybridized carbons (Fsp3) is 0.190. The average Bonchev–Trinajstić information content (AvgIpc) is 3.37. The van der Waals surface area contributed by atoms with Crippen LogP contribution in [0, 0.1) is 0 Å². The van der Waals surface area contributed by atoms with E-state index in [0.717, 1.165) is 28.2 Å². The third-order valence-electron chi connectivity index (χ3n) is 4.94. The summed E-state index contributed by atoms with van der Waals surface area (Å²) in [6.45, 7) is 4.15. The van der Waals surface area contributed by atoms with E-state index in [-0.39, 0.29) is 6.04 Å². The molecule has 1 aliphatic rings. The fourth-order valence-corrected chi connectivity index (χ4v) is 4.36. The summed E-state index contributed by atoms with van der Waals surface area (Å²) < 4.78 is 32.9. The molecule has 2 N–H and O–H groups in total. The molecule has 3 aromatic rings. The first kappa shape index (κ1) is 19.2. The summed E-state index contributed by atoms with van der Waals surface area (Å²) in [4.78, 5) is 0. The minimum absolute atomic E-state index is 0.0980. The van der Waals surface area contributed by atoms with Crippen molar-refractivity contribution in [2.75, 3.05) is 18.8 Å². The van der Waals surface area contributed by atoms with Crippen LogP contribution >= 0.6 is 0 Å². The Morgan fingerprint density at radius 2 is 1.79 bits per heavy atom. The second-order valence-corrected chi connectivity index (χ2v) is 8.73. The molecule has 1 aromatic heterocycles. The SMILES string of the molecule is C=CS(=O)(=O)N1CC[C@@H](n2nc(-c3ccc(Oc4ccccc4)cc3)cc2N)C1. The second-order valence-electron chi connectivity index (χ2n) is 6.85. The van der Waals surface area contributed by atoms with Gasteiger partial charge in [-0.2, -0.15) is 9.40 Å². The van der Waals surface area contributed by atoms with Crippen molar-refractivity contribution in [2.24, 2.45) is 0 Å². The number of nitrogen functional groups attached to an aromatic ring is 1. The van der Waals surface area contributed by atoms with Crippen molar-refractivity contribution >= 4 is 15.8 Å². The molecular weight excluding hydrogens is 388 g/mol. The van der Waals surface area contributed by atoms with Crippen LogP contribution in [0.5, 0.6) is 11.5 Å². The van der Waals surface area contributed by atoms with Crippen LogP contribution in [-0.2, 0) is 10.0 Å². The normalized spacial score (nSPS) is 17.3. The molecular formula is C21H22N4O3S. The lowest BCUT2D eigenvalue weighted by atomic mass is 10.1. The Kier molecular flexibility index (Phi) is 5.12. The Morgan fingerprint density at radius 3 is 2.48 bits per heavy atom. The van der Waals surface area contributed by atoms with E-state index < -0.39 is 10.0 Å². The Morgan fingerprint density at radius 1 is 1.10 bits per heavy atom. The summed E-state index contributed by atoms with van der Waals surface area (Å²) in [5.41, 5.74) is 7.81. The number of nitrogens with two attached hydrogens (primary N) is 1. The van der Waals surface area contributed by atoms with E-state index in [0.29, 0.717) is 25.3 Å². The van der Waals surface area contributed by atoms with Gasteiger partial charge in [0.05, 0.1) is 11.7 Å². The summed E-state index contributed by atoms with van der Waals surface area (Å²) >= 11 is 0. The third kappa shape index (κ3) is 4.03. The maximum absolute atomic E-state index is 12.0. The summed E-state index contributed by atoms with van der Waals surface area (Å²) in [7, 11) is -3.43. The van der Waals surface area contributed by atoms with E-state index in [1.807, 2.05) is 54.6 Å². The lowest BCUT2D eigenvalue weighted by molar-refractivity contribution is 0.443. The summed E-state index contributed by atoms with van der Waals surface area (Å²) in [6, 6.07) is 18.9. The molecule has 1 fully saturated rings. The second kappa shape index (κ2) is 7.73. The number of rotatable bonds is 6. The molecule has 0 aliphatic carbocycles. The monoisotopic (exact) mass is 410 g/mol. The van der Waals surface area contributed by atoms with E-state index in [1.54, 1.807) is 10.7 Å². The fourth-order valence-electron chi connectivity index (χ4n) is 3.41. The molecule has 0 unspecified atom stereocenters. The lowest BCUT2D eigenvalue weighted by Gasteiger charge is -2.14. The van der Waals surface area contributed by atoms with Gasteiger partial charge in [0, 0.05) is 30.1 Å². The summed E-state index contributed by atoms with van der Waals surface area (Å²) in [6.07, 6.45) is 0.655. The Balaban J connectivity index is 1.50. The molecule has 2 heterocycles. The molecule has 150 valence electrons. The van der Waals surface area contributed by atoms with Gasteiger partial charge in [0.2, 0.25) is 10.0 Å². The van der Waals surface area contributed by atoms with Crippen molar-refractivity contribution in [3.8, 4) is 22.8 Å². The molecule has 0 spiro atoms. The van der Waals surface area contributed by atoms with Gasteiger partial charge in [-0.25, -0.2) is 13.1 Å². The van der Waals surface area contributed by atoms with Gasteiger partial charge in [0.15, 0.2) is 0 Å². The number of nitrogens with zero attached hydrogens (tertiary/aromatic N) is 3. The van der Waals surface area contributed by atoms with Crippen molar-refractivity contribution in [1.82, 2.24) is 14.1 Å². The van der Waals surface area contributed by atoms with E-state index >= 15 is 0 Å². The standard InChI is InChI=1S/C21H22N4O3S/c1-2-29(26,27)24-13-12-17(15-24)25-21(22)14-20(23-25)16-8-10-19(11-9-16)28-18-6-4-3-5-7-18/h2-11,14,17H,1,12-13,15,22H2/t17-/m1/s1. The summed E-state index contributed by atoms with van der Waals surface area (Å²) in [5.74, 6) is 2.01. The number of sulfonamides is 1. The predicted octanol–water partition coefficient (Wildman–Crippen LogP) is 3.64. The van der Waals surface area contributed by atoms with Gasteiger partial charge < -0.3 is 10.5 Å². The molecule has 0 amide bonds. The highest BCUT2D eigenvalue weighted by Crippen LogP contribution is 2.30. The van der Waals surface area contributed by atoms with Crippen LogP contribution in [0.25, 0.3) is 11.3 Å². The molecule has 8 heteroatoms. The van der Waals surface area contributed by atoms with Gasteiger partial charge >= 0.3 is 0 Å². The number of aromatic nitrogens is 2. The van der Waals surface area contributed by atoms with Gasteiger partial charge in [0.1, 0.15) is 17.3 Å². The minimum atomic E-state index is -3.43. The van der Waals surface area contributed by atoms with Gasteiger partial charge in [-0.1, -0.05) is 24.8 Å². The van der Waals surface area contributed by atoms with Crippen LogP contribution in [0.2, 0.25) is 0 Å². The number of hydrogen-bond acceptors (Lipinski definition) is 5. The van der Waals surface area contributed by atoms with Crippen LogP contribution in [0.1, 0.15) is 12.5 Å². The first-order valence-corrected chi connectivity index (χ1v) is 10.8. The van der Waals surface area contributed by atoms with Gasteiger partial charge in [-0.3, -0.25) is 0 Å². The van der Waals surface area contributed by atoms with E-state index in [2.05, 4.69) is 11.7 Å². The van der Waals surface area contributed by atoms with Crippen LogP contribution in [0.15, 0.2) is 72.7 Å². The topological polar surface area (TPSA) is 90.5 Å². The maximum Gasteiger partial charge on any atom is 0.235 e. The number of hydrogen-bond donors (Lipinski definition) is 1. The van der Waals surface area contributed by atoms with Crippen molar-refractivity contribution in [1.29, 1.82) is 0 Å². The van der Waals surface area contributed by atoms with Gasteiger partial charge in [-0.05, 0) is 42.8 Å². The van der Waals surface area contributed by atoms with Crippen LogP contribution in [-0.4, -0.2) is 35.6 Å². The smallest absolute Gasteiger partial charge is 0.235 e. The molecule has 7 nitrogen and oxygen atoms in total. The van der Waals surface area contributed by atoms with Crippen molar-refractivity contribution < 1.29 is 13.2 Å². The Bertz CT molecular complexity index is 1110. The largest absolute Gasteiger partial charge is 0.457 e. The molecule has 4 rings (SSSR count). The van der Waals surface area contributed by atoms with Crippen LogP contribution < -0.4 is 10.5 Å². The average molecular weight is 410 g/mol. The maximum atomic E-state index is 12.0. The molecule has 1 aliphatic heterocycles. The van der Waals surface area contributed by atoms with Crippen LogP contribution in [0.4, 0.5) is 5.82 Å². The van der Waals surface area contributed by atoms with Gasteiger partial charge in [-0.15, -0.1) is 0 Å². The number of benzene rings is 2. The van der Waals surface area contributed by atoms with E-state index in [1.165, 1.54) is 4.31 Å². The zero-order chi connectivity index (χ0) is 20.4. The molecule has 2 aromatic carbocycles. The van der Waals surface area contributed by atoms with Gasteiger partial charge in [0.25, 0.3) is 0 Å². The predicted molar refractivity (Wildman–Crippen MR) is 113 cm³/mol. The van der Waals surface area contributed by atoms with Crippen molar-refractivity contribution in [2.45, 2.75) is 12.5 Å². The van der Waals surface area contributed by atoms with E-state index in [9.17, 15) is 8.42 Å². The first-order valence-electron chi connectivity index (χ1n) is 9.27. The molecule has 0 saturated carbocycles. The molecule has 1 atom stereocenters. The highest BCUT2D eigenvalue weighted by molar-refractivity contribution is 7.92. The number of ether oxygens (including phenoxy) is 1. The highest BCUT2D eigenvalue weighted by Gasteiger charge is 2.32. The van der Waals surface area contributed by atoms with E-state index in [4.69, 9.17) is 10.5 Å². The number of anilines is 1. The minimum Gasteiger partial charge on any atom is -0.457 e. The molecule has 0 bridgehead atoms.